The summed E-state index contributed by atoms with van der Waals surface area (Å²) >= 11 is -1.17. The fourth-order valence-corrected chi connectivity index (χ4v) is 7.38. The first-order valence-electron chi connectivity index (χ1n) is 6.14. The second kappa shape index (κ2) is 4.90. The zero-order chi connectivity index (χ0) is 11.6. The number of rotatable bonds is 3. The summed E-state index contributed by atoms with van der Waals surface area (Å²) in [6, 6.07) is 0. The average molecular weight is 250 g/mol. The SMILES string of the molecule is CC(C)(C)[CH2][Ti]([C]1=CC=CC1)[C]1=CC=CC1.[H-]. The Morgan fingerprint density at radius 2 is 1.56 bits per heavy atom. The van der Waals surface area contributed by atoms with Crippen LogP contribution in [0.4, 0.5) is 0 Å². The average Bonchev–Trinajstić information content (AvgIpc) is 2.86. The van der Waals surface area contributed by atoms with Crippen molar-refractivity contribution in [1.82, 2.24) is 0 Å². The van der Waals surface area contributed by atoms with Crippen molar-refractivity contribution < 1.29 is 19.3 Å². The minimum absolute atomic E-state index is 0. The second-order valence-corrected chi connectivity index (χ2v) is 9.92. The van der Waals surface area contributed by atoms with Gasteiger partial charge < -0.3 is 1.43 Å². The van der Waals surface area contributed by atoms with Gasteiger partial charge in [0.1, 0.15) is 0 Å². The van der Waals surface area contributed by atoms with Gasteiger partial charge in [-0.05, 0) is 0 Å². The van der Waals surface area contributed by atoms with Gasteiger partial charge in [-0.1, -0.05) is 0 Å². The van der Waals surface area contributed by atoms with Crippen LogP contribution in [0.1, 0.15) is 35.0 Å². The van der Waals surface area contributed by atoms with Crippen LogP contribution in [0.3, 0.4) is 0 Å². The molecular formula is C15H22Ti-. The van der Waals surface area contributed by atoms with E-state index in [1.807, 2.05) is 0 Å². The Morgan fingerprint density at radius 1 is 1.06 bits per heavy atom. The maximum absolute atomic E-state index is 2.39. The van der Waals surface area contributed by atoms with Gasteiger partial charge in [0.15, 0.2) is 0 Å². The number of allylic oxidation sites excluding steroid dienone is 8. The van der Waals surface area contributed by atoms with E-state index in [1.54, 1.807) is 7.76 Å². The third-order valence-electron chi connectivity index (χ3n) is 3.02. The van der Waals surface area contributed by atoms with Gasteiger partial charge >= 0.3 is 106 Å². The van der Waals surface area contributed by atoms with E-state index in [1.165, 1.54) is 17.6 Å². The molecule has 0 unspecified atom stereocenters. The molecule has 0 fully saturated rings. The minimum atomic E-state index is -1.17. The van der Waals surface area contributed by atoms with Crippen molar-refractivity contribution in [2.75, 3.05) is 0 Å². The van der Waals surface area contributed by atoms with Crippen LogP contribution in [0.2, 0.25) is 4.73 Å². The number of hydrogen-bond donors (Lipinski definition) is 0. The molecule has 2 aliphatic carbocycles. The quantitative estimate of drug-likeness (QED) is 0.627. The van der Waals surface area contributed by atoms with E-state index in [2.05, 4.69) is 57.2 Å². The number of hydrogen-bond acceptors (Lipinski definition) is 0. The molecule has 16 heavy (non-hydrogen) atoms. The van der Waals surface area contributed by atoms with Crippen LogP contribution in [-0.4, -0.2) is 0 Å². The Bertz CT molecular complexity index is 350. The molecule has 0 aliphatic heterocycles. The Balaban J connectivity index is 0.00000144. The summed E-state index contributed by atoms with van der Waals surface area (Å²) in [6.07, 6.45) is 16.3. The van der Waals surface area contributed by atoms with Gasteiger partial charge in [0.2, 0.25) is 0 Å². The van der Waals surface area contributed by atoms with Gasteiger partial charge in [0.05, 0.1) is 0 Å². The zero-order valence-corrected chi connectivity index (χ0v) is 12.1. The van der Waals surface area contributed by atoms with Gasteiger partial charge in [-0.15, -0.1) is 0 Å². The van der Waals surface area contributed by atoms with Gasteiger partial charge in [0, 0.05) is 0 Å². The monoisotopic (exact) mass is 250 g/mol. The van der Waals surface area contributed by atoms with Gasteiger partial charge in [-0.3, -0.25) is 0 Å². The van der Waals surface area contributed by atoms with Crippen molar-refractivity contribution in [2.24, 2.45) is 5.41 Å². The van der Waals surface area contributed by atoms with E-state index in [0.717, 1.165) is 0 Å². The second-order valence-electron chi connectivity index (χ2n) is 5.86. The van der Waals surface area contributed by atoms with Gasteiger partial charge in [0.25, 0.3) is 0 Å². The van der Waals surface area contributed by atoms with E-state index in [-0.39, 0.29) is 1.43 Å². The molecule has 0 aromatic heterocycles. The molecule has 0 spiro atoms. The molecule has 0 saturated carbocycles. The fourth-order valence-electron chi connectivity index (χ4n) is 2.31. The maximum atomic E-state index is 2.39. The molecule has 0 amide bonds. The molecule has 2 rings (SSSR count). The van der Waals surface area contributed by atoms with E-state index in [9.17, 15) is 0 Å². The Morgan fingerprint density at radius 3 is 1.88 bits per heavy atom. The normalized spacial score (nSPS) is 18.9. The summed E-state index contributed by atoms with van der Waals surface area (Å²) in [5, 5.41) is 0. The Kier molecular flexibility index (Phi) is 3.71. The van der Waals surface area contributed by atoms with Crippen LogP contribution >= 0.6 is 0 Å². The zero-order valence-electron chi connectivity index (χ0n) is 11.6. The predicted molar refractivity (Wildman–Crippen MR) is 69.1 cm³/mol. The van der Waals surface area contributed by atoms with Crippen LogP contribution < -0.4 is 0 Å². The summed E-state index contributed by atoms with van der Waals surface area (Å²) < 4.78 is 4.96. The van der Waals surface area contributed by atoms with Crippen LogP contribution in [0.5, 0.6) is 0 Å². The van der Waals surface area contributed by atoms with Crippen LogP contribution in [0, 0.1) is 5.41 Å². The predicted octanol–water partition coefficient (Wildman–Crippen LogP) is 4.87. The molecule has 1 heteroatoms. The first-order valence-corrected chi connectivity index (χ1v) is 8.81. The van der Waals surface area contributed by atoms with E-state index in [4.69, 9.17) is 0 Å². The smallest absolute Gasteiger partial charge is 1.00 e. The topological polar surface area (TPSA) is 0 Å². The van der Waals surface area contributed by atoms with Crippen LogP contribution in [-0.2, 0) is 17.9 Å². The summed E-state index contributed by atoms with van der Waals surface area (Å²) in [6.45, 7) is 7.14. The molecule has 0 heterocycles. The summed E-state index contributed by atoms with van der Waals surface area (Å²) in [5.41, 5.74) is 0.474. The Hall–Kier alpha value is -0.326. The van der Waals surface area contributed by atoms with E-state index < -0.39 is 17.9 Å². The molecule has 0 saturated heterocycles. The summed E-state index contributed by atoms with van der Waals surface area (Å²) in [4.78, 5) is 0. The largest absolute Gasteiger partial charge is 1.00 e. The standard InChI is InChI=1S/2C5H5.C5H11.Ti.H/c2*1-2-4-5-3-1;1-5(2,3)4;;/h2*1-3H,4H2;1H2,2-4H3;;/q;;;;-1. The Labute approximate surface area is 107 Å². The fraction of sp³-hybridized carbons (Fsp3) is 0.467. The molecular weight excluding hydrogens is 228 g/mol. The molecule has 2 aliphatic rings. The van der Waals surface area contributed by atoms with Gasteiger partial charge in [-0.25, -0.2) is 0 Å². The van der Waals surface area contributed by atoms with Crippen molar-refractivity contribution in [3.05, 3.63) is 44.2 Å². The van der Waals surface area contributed by atoms with Crippen molar-refractivity contribution in [1.29, 1.82) is 0 Å². The molecule has 0 N–H and O–H groups in total. The van der Waals surface area contributed by atoms with Crippen molar-refractivity contribution in [2.45, 2.75) is 38.3 Å². The van der Waals surface area contributed by atoms with E-state index in [0.29, 0.717) is 5.41 Å². The summed E-state index contributed by atoms with van der Waals surface area (Å²) in [7, 11) is 0. The van der Waals surface area contributed by atoms with Gasteiger partial charge in [-0.2, -0.15) is 0 Å². The summed E-state index contributed by atoms with van der Waals surface area (Å²) in [5.74, 6) is 0. The van der Waals surface area contributed by atoms with Crippen LogP contribution in [0.15, 0.2) is 44.2 Å². The molecule has 0 aromatic rings. The molecule has 0 aromatic carbocycles. The molecule has 0 radical (unpaired) electrons. The minimum Gasteiger partial charge on any atom is -1.00 e. The maximum Gasteiger partial charge on any atom is -1.00 e. The van der Waals surface area contributed by atoms with Crippen molar-refractivity contribution in [3.63, 3.8) is 0 Å². The first kappa shape index (κ1) is 12.1. The van der Waals surface area contributed by atoms with Crippen molar-refractivity contribution in [3.8, 4) is 0 Å². The molecule has 0 nitrogen and oxygen atoms in total. The van der Waals surface area contributed by atoms with E-state index >= 15 is 0 Å². The molecule has 0 atom stereocenters. The third kappa shape index (κ3) is 3.09. The first-order chi connectivity index (χ1) is 7.56. The molecule has 0 bridgehead atoms. The van der Waals surface area contributed by atoms with Crippen molar-refractivity contribution >= 4 is 0 Å². The third-order valence-corrected chi connectivity index (χ3v) is 8.81. The van der Waals surface area contributed by atoms with Crippen LogP contribution in [0.25, 0.3) is 0 Å². The molecule has 87 valence electrons.